The molecule has 1 aliphatic carbocycles. The molecule has 1 aromatic heterocycles. The van der Waals surface area contributed by atoms with E-state index in [0.29, 0.717) is 0 Å². The van der Waals surface area contributed by atoms with E-state index in [1.807, 2.05) is 11.3 Å². The molecule has 0 aliphatic heterocycles. The molecule has 0 amide bonds. The van der Waals surface area contributed by atoms with E-state index in [1.165, 1.54) is 37.0 Å². The van der Waals surface area contributed by atoms with Gasteiger partial charge in [0.05, 0.1) is 0 Å². The minimum absolute atomic E-state index is 0.963. The second-order valence-corrected chi connectivity index (χ2v) is 6.95. The Morgan fingerprint density at radius 1 is 1.25 bits per heavy atom. The standard InChI is InChI=1S/C15H24S/c1-11-7-9-14(13(11)3)5-4-6-15-10-8-12(2)16-15/h8,10-11,13-14H,4-7,9H2,1-3H3/t11?,13?,14-/m0/s1. The number of hydrogen-bond donors (Lipinski definition) is 0. The normalized spacial score (nSPS) is 29.8. The molecule has 0 spiro atoms. The number of thiophene rings is 1. The Morgan fingerprint density at radius 2 is 2.06 bits per heavy atom. The predicted octanol–water partition coefficient (Wildman–Crippen LogP) is 5.06. The smallest absolute Gasteiger partial charge is 0.00480 e. The van der Waals surface area contributed by atoms with Crippen molar-refractivity contribution in [3.05, 3.63) is 21.9 Å². The fourth-order valence-electron chi connectivity index (χ4n) is 3.03. The Kier molecular flexibility index (Phi) is 4.07. The maximum Gasteiger partial charge on any atom is 0.00480 e. The van der Waals surface area contributed by atoms with Crippen LogP contribution in [0.15, 0.2) is 12.1 Å². The second kappa shape index (κ2) is 5.35. The first-order valence-corrected chi connectivity index (χ1v) is 7.54. The molecule has 1 saturated carbocycles. The Bertz CT molecular complexity index is 326. The Balaban J connectivity index is 1.72. The molecule has 1 aromatic rings. The van der Waals surface area contributed by atoms with Gasteiger partial charge in [-0.3, -0.25) is 0 Å². The topological polar surface area (TPSA) is 0 Å². The monoisotopic (exact) mass is 236 g/mol. The van der Waals surface area contributed by atoms with E-state index in [9.17, 15) is 0 Å². The van der Waals surface area contributed by atoms with Crippen LogP contribution in [0.3, 0.4) is 0 Å². The lowest BCUT2D eigenvalue weighted by Gasteiger charge is -2.17. The summed E-state index contributed by atoms with van der Waals surface area (Å²) in [5.41, 5.74) is 0. The van der Waals surface area contributed by atoms with Gasteiger partial charge in [-0.05, 0) is 62.5 Å². The zero-order valence-electron chi connectivity index (χ0n) is 10.8. The molecular formula is C15H24S. The zero-order valence-corrected chi connectivity index (χ0v) is 11.6. The summed E-state index contributed by atoms with van der Waals surface area (Å²) in [5.74, 6) is 2.94. The second-order valence-electron chi connectivity index (χ2n) is 5.58. The Hall–Kier alpha value is -0.300. The molecular weight excluding hydrogens is 212 g/mol. The Morgan fingerprint density at radius 3 is 2.62 bits per heavy atom. The van der Waals surface area contributed by atoms with Gasteiger partial charge in [-0.2, -0.15) is 0 Å². The van der Waals surface area contributed by atoms with Gasteiger partial charge in [-0.15, -0.1) is 11.3 Å². The number of aryl methyl sites for hydroxylation is 2. The highest BCUT2D eigenvalue weighted by atomic mass is 32.1. The largest absolute Gasteiger partial charge is 0.146 e. The summed E-state index contributed by atoms with van der Waals surface area (Å²) in [6.07, 6.45) is 7.08. The quantitative estimate of drug-likeness (QED) is 0.685. The van der Waals surface area contributed by atoms with Crippen LogP contribution in [0.2, 0.25) is 0 Å². The first-order valence-electron chi connectivity index (χ1n) is 6.72. The van der Waals surface area contributed by atoms with Gasteiger partial charge in [-0.1, -0.05) is 20.3 Å². The molecule has 0 radical (unpaired) electrons. The zero-order chi connectivity index (χ0) is 11.5. The van der Waals surface area contributed by atoms with Crippen molar-refractivity contribution in [2.24, 2.45) is 17.8 Å². The van der Waals surface area contributed by atoms with Crippen LogP contribution in [-0.2, 0) is 6.42 Å². The molecule has 2 rings (SSSR count). The van der Waals surface area contributed by atoms with Gasteiger partial charge in [0.1, 0.15) is 0 Å². The van der Waals surface area contributed by atoms with E-state index in [2.05, 4.69) is 32.9 Å². The van der Waals surface area contributed by atoms with Crippen molar-refractivity contribution in [2.75, 3.05) is 0 Å². The third-order valence-corrected chi connectivity index (χ3v) is 5.49. The fraction of sp³-hybridized carbons (Fsp3) is 0.733. The minimum atomic E-state index is 0.963. The fourth-order valence-corrected chi connectivity index (χ4v) is 3.96. The van der Waals surface area contributed by atoms with E-state index in [4.69, 9.17) is 0 Å². The van der Waals surface area contributed by atoms with Crippen LogP contribution in [0.5, 0.6) is 0 Å². The highest BCUT2D eigenvalue weighted by molar-refractivity contribution is 7.11. The lowest BCUT2D eigenvalue weighted by atomic mass is 9.89. The van der Waals surface area contributed by atoms with Crippen LogP contribution >= 0.6 is 11.3 Å². The van der Waals surface area contributed by atoms with Crippen molar-refractivity contribution in [2.45, 2.75) is 52.9 Å². The Labute approximate surface area is 104 Å². The van der Waals surface area contributed by atoms with Crippen LogP contribution in [-0.4, -0.2) is 0 Å². The summed E-state index contributed by atoms with van der Waals surface area (Å²) >= 11 is 1.97. The molecule has 90 valence electrons. The molecule has 0 aromatic carbocycles. The summed E-state index contributed by atoms with van der Waals surface area (Å²) in [4.78, 5) is 3.04. The average molecular weight is 236 g/mol. The van der Waals surface area contributed by atoms with E-state index in [1.54, 1.807) is 4.88 Å². The van der Waals surface area contributed by atoms with Crippen molar-refractivity contribution in [1.29, 1.82) is 0 Å². The van der Waals surface area contributed by atoms with Crippen LogP contribution in [0.1, 0.15) is 49.3 Å². The van der Waals surface area contributed by atoms with E-state index in [-0.39, 0.29) is 0 Å². The van der Waals surface area contributed by atoms with Gasteiger partial charge in [0.15, 0.2) is 0 Å². The first kappa shape index (κ1) is 12.2. The van der Waals surface area contributed by atoms with Gasteiger partial charge < -0.3 is 0 Å². The van der Waals surface area contributed by atoms with E-state index < -0.39 is 0 Å². The third kappa shape index (κ3) is 2.88. The molecule has 16 heavy (non-hydrogen) atoms. The van der Waals surface area contributed by atoms with Crippen molar-refractivity contribution >= 4 is 11.3 Å². The molecule has 0 saturated heterocycles. The molecule has 3 atom stereocenters. The molecule has 0 N–H and O–H groups in total. The van der Waals surface area contributed by atoms with Gasteiger partial charge in [-0.25, -0.2) is 0 Å². The molecule has 1 heteroatoms. The van der Waals surface area contributed by atoms with Crippen LogP contribution in [0, 0.1) is 24.7 Å². The van der Waals surface area contributed by atoms with Crippen molar-refractivity contribution in [3.8, 4) is 0 Å². The van der Waals surface area contributed by atoms with E-state index >= 15 is 0 Å². The van der Waals surface area contributed by atoms with Crippen molar-refractivity contribution in [3.63, 3.8) is 0 Å². The van der Waals surface area contributed by atoms with Crippen LogP contribution in [0.4, 0.5) is 0 Å². The van der Waals surface area contributed by atoms with Crippen LogP contribution in [0.25, 0.3) is 0 Å². The minimum Gasteiger partial charge on any atom is -0.146 e. The summed E-state index contributed by atoms with van der Waals surface area (Å²) in [7, 11) is 0. The lowest BCUT2D eigenvalue weighted by Crippen LogP contribution is -2.08. The maximum atomic E-state index is 2.46. The first-order chi connectivity index (χ1) is 7.66. The molecule has 1 aliphatic rings. The van der Waals surface area contributed by atoms with Gasteiger partial charge >= 0.3 is 0 Å². The average Bonchev–Trinajstić information content (AvgIpc) is 2.79. The lowest BCUT2D eigenvalue weighted by molar-refractivity contribution is 0.334. The highest BCUT2D eigenvalue weighted by Gasteiger charge is 2.28. The summed E-state index contributed by atoms with van der Waals surface area (Å²) in [5, 5.41) is 0. The molecule has 2 unspecified atom stereocenters. The molecule has 0 bridgehead atoms. The summed E-state index contributed by atoms with van der Waals surface area (Å²) in [6, 6.07) is 4.56. The van der Waals surface area contributed by atoms with E-state index in [0.717, 1.165) is 17.8 Å². The van der Waals surface area contributed by atoms with Gasteiger partial charge in [0, 0.05) is 9.75 Å². The van der Waals surface area contributed by atoms with Crippen molar-refractivity contribution < 1.29 is 0 Å². The molecule has 1 fully saturated rings. The predicted molar refractivity (Wildman–Crippen MR) is 73.0 cm³/mol. The summed E-state index contributed by atoms with van der Waals surface area (Å²) < 4.78 is 0. The van der Waals surface area contributed by atoms with Gasteiger partial charge in [0.2, 0.25) is 0 Å². The third-order valence-electron chi connectivity index (χ3n) is 4.43. The summed E-state index contributed by atoms with van der Waals surface area (Å²) in [6.45, 7) is 7.08. The van der Waals surface area contributed by atoms with Crippen LogP contribution < -0.4 is 0 Å². The molecule has 1 heterocycles. The van der Waals surface area contributed by atoms with Crippen molar-refractivity contribution in [1.82, 2.24) is 0 Å². The maximum absolute atomic E-state index is 2.46. The number of hydrogen-bond acceptors (Lipinski definition) is 1. The number of rotatable bonds is 4. The highest BCUT2D eigenvalue weighted by Crippen LogP contribution is 2.39. The SMILES string of the molecule is Cc1ccc(CCC[C@H]2CCC(C)C2C)s1. The molecule has 0 nitrogen and oxygen atoms in total. The van der Waals surface area contributed by atoms with Gasteiger partial charge in [0.25, 0.3) is 0 Å².